The summed E-state index contributed by atoms with van der Waals surface area (Å²) in [5.74, 6) is 2.75. The van der Waals surface area contributed by atoms with Gasteiger partial charge in [0.05, 0.1) is 18.2 Å². The van der Waals surface area contributed by atoms with Crippen LogP contribution in [0.4, 0.5) is 0 Å². The van der Waals surface area contributed by atoms with Gasteiger partial charge >= 0.3 is 0 Å². The number of benzene rings is 2. The second kappa shape index (κ2) is 8.08. The van der Waals surface area contributed by atoms with E-state index < -0.39 is 0 Å². The lowest BCUT2D eigenvalue weighted by Crippen LogP contribution is -2.10. The van der Waals surface area contributed by atoms with Gasteiger partial charge in [0, 0.05) is 11.5 Å². The minimum Gasteiger partial charge on any atom is -0.493 e. The quantitative estimate of drug-likeness (QED) is 0.687. The van der Waals surface area contributed by atoms with Crippen molar-refractivity contribution in [3.05, 3.63) is 65.2 Å². The van der Waals surface area contributed by atoms with Gasteiger partial charge in [-0.3, -0.25) is 0 Å². The van der Waals surface area contributed by atoms with Crippen molar-refractivity contribution >= 4 is 11.8 Å². The maximum absolute atomic E-state index is 8.89. The first kappa shape index (κ1) is 17.4. The fourth-order valence-electron chi connectivity index (χ4n) is 2.19. The van der Waals surface area contributed by atoms with E-state index in [9.17, 15) is 0 Å². The summed E-state index contributed by atoms with van der Waals surface area (Å²) in [7, 11) is 0. The van der Waals surface area contributed by atoms with Gasteiger partial charge in [-0.25, -0.2) is 0 Å². The third kappa shape index (κ3) is 5.65. The van der Waals surface area contributed by atoms with E-state index >= 15 is 0 Å². The average molecular weight is 325 g/mol. The molecule has 0 unspecified atom stereocenters. The normalized spacial score (nSPS) is 11.0. The fraction of sp³-hybridized carbons (Fsp3) is 0.350. The molecule has 0 spiro atoms. The minimum atomic E-state index is 0.173. The van der Waals surface area contributed by atoms with Crippen LogP contribution in [0.25, 0.3) is 0 Å². The van der Waals surface area contributed by atoms with E-state index in [4.69, 9.17) is 10.00 Å². The predicted octanol–water partition coefficient (Wildman–Crippen LogP) is 5.17. The molecule has 0 aliphatic heterocycles. The van der Waals surface area contributed by atoms with Crippen LogP contribution in [0.3, 0.4) is 0 Å². The van der Waals surface area contributed by atoms with Crippen molar-refractivity contribution in [2.24, 2.45) is 0 Å². The lowest BCUT2D eigenvalue weighted by Gasteiger charge is -2.19. The van der Waals surface area contributed by atoms with Crippen LogP contribution in [0, 0.1) is 11.3 Å². The smallest absolute Gasteiger partial charge is 0.119 e. The molecule has 0 atom stereocenters. The largest absolute Gasteiger partial charge is 0.493 e. The SMILES string of the molecule is CC(C)(C)c1ccc(OCCSCc2cccc(C#N)c2)cc1. The van der Waals surface area contributed by atoms with E-state index in [1.165, 1.54) is 11.1 Å². The molecule has 2 aromatic rings. The number of ether oxygens (including phenoxy) is 1. The number of rotatable bonds is 6. The van der Waals surface area contributed by atoms with E-state index in [-0.39, 0.29) is 5.41 Å². The molecule has 0 saturated heterocycles. The van der Waals surface area contributed by atoms with E-state index in [2.05, 4.69) is 45.0 Å². The van der Waals surface area contributed by atoms with Crippen molar-refractivity contribution in [1.82, 2.24) is 0 Å². The lowest BCUT2D eigenvalue weighted by molar-refractivity contribution is 0.343. The fourth-order valence-corrected chi connectivity index (χ4v) is 2.95. The number of nitriles is 1. The van der Waals surface area contributed by atoms with Crippen molar-refractivity contribution in [3.63, 3.8) is 0 Å². The number of thioether (sulfide) groups is 1. The van der Waals surface area contributed by atoms with E-state index in [1.54, 1.807) is 0 Å². The molecule has 23 heavy (non-hydrogen) atoms. The van der Waals surface area contributed by atoms with Crippen LogP contribution in [0.15, 0.2) is 48.5 Å². The van der Waals surface area contributed by atoms with Crippen molar-refractivity contribution in [3.8, 4) is 11.8 Å². The zero-order chi connectivity index (χ0) is 16.7. The highest BCUT2D eigenvalue weighted by Crippen LogP contribution is 2.24. The van der Waals surface area contributed by atoms with Gasteiger partial charge in [0.2, 0.25) is 0 Å². The molecular formula is C20H23NOS. The third-order valence-corrected chi connectivity index (χ3v) is 4.53. The Bertz CT molecular complexity index is 665. The summed E-state index contributed by atoms with van der Waals surface area (Å²) in [6.07, 6.45) is 0. The molecule has 0 aliphatic carbocycles. The average Bonchev–Trinajstić information content (AvgIpc) is 2.54. The molecule has 2 aromatic carbocycles. The first-order valence-corrected chi connectivity index (χ1v) is 8.94. The zero-order valence-corrected chi connectivity index (χ0v) is 14.8. The van der Waals surface area contributed by atoms with Gasteiger partial charge < -0.3 is 4.74 Å². The summed E-state index contributed by atoms with van der Waals surface area (Å²) in [6.45, 7) is 7.32. The number of hydrogen-bond acceptors (Lipinski definition) is 3. The summed E-state index contributed by atoms with van der Waals surface area (Å²) in [4.78, 5) is 0. The lowest BCUT2D eigenvalue weighted by atomic mass is 9.87. The second-order valence-electron chi connectivity index (χ2n) is 6.49. The van der Waals surface area contributed by atoms with Crippen molar-refractivity contribution in [1.29, 1.82) is 5.26 Å². The number of hydrogen-bond donors (Lipinski definition) is 0. The standard InChI is InChI=1S/C20H23NOS/c1-20(2,3)18-7-9-19(10-8-18)22-11-12-23-15-17-6-4-5-16(13-17)14-21/h4-10,13H,11-12,15H2,1-3H3. The van der Waals surface area contributed by atoms with E-state index in [1.807, 2.05) is 42.1 Å². The molecular weight excluding hydrogens is 302 g/mol. The molecule has 3 heteroatoms. The highest BCUT2D eigenvalue weighted by molar-refractivity contribution is 7.98. The number of nitrogens with zero attached hydrogens (tertiary/aromatic N) is 1. The van der Waals surface area contributed by atoms with Crippen LogP contribution in [-0.2, 0) is 11.2 Å². The topological polar surface area (TPSA) is 33.0 Å². The maximum Gasteiger partial charge on any atom is 0.119 e. The van der Waals surface area contributed by atoms with Gasteiger partial charge in [0.25, 0.3) is 0 Å². The highest BCUT2D eigenvalue weighted by Gasteiger charge is 2.12. The Morgan fingerprint density at radius 2 is 1.83 bits per heavy atom. The molecule has 0 bridgehead atoms. The molecule has 0 radical (unpaired) electrons. The molecule has 120 valence electrons. The van der Waals surface area contributed by atoms with Crippen LogP contribution in [0.5, 0.6) is 5.75 Å². The zero-order valence-electron chi connectivity index (χ0n) is 14.0. The molecule has 0 fully saturated rings. The Kier molecular flexibility index (Phi) is 6.12. The van der Waals surface area contributed by atoms with Gasteiger partial charge in [-0.15, -0.1) is 0 Å². The molecule has 2 rings (SSSR count). The highest BCUT2D eigenvalue weighted by atomic mass is 32.2. The van der Waals surface area contributed by atoms with Crippen molar-refractivity contribution in [2.75, 3.05) is 12.4 Å². The van der Waals surface area contributed by atoms with Gasteiger partial charge in [0.1, 0.15) is 5.75 Å². The predicted molar refractivity (Wildman–Crippen MR) is 98.0 cm³/mol. The Morgan fingerprint density at radius 3 is 2.48 bits per heavy atom. The molecule has 2 nitrogen and oxygen atoms in total. The van der Waals surface area contributed by atoms with Crippen molar-refractivity contribution < 1.29 is 4.74 Å². The van der Waals surface area contributed by atoms with Gasteiger partial charge in [-0.1, -0.05) is 45.0 Å². The molecule has 0 saturated carbocycles. The van der Waals surface area contributed by atoms with Crippen molar-refractivity contribution in [2.45, 2.75) is 31.9 Å². The second-order valence-corrected chi connectivity index (χ2v) is 7.59. The Morgan fingerprint density at radius 1 is 1.09 bits per heavy atom. The Labute approximate surface area is 143 Å². The van der Waals surface area contributed by atoms with Crippen LogP contribution < -0.4 is 4.74 Å². The summed E-state index contributed by atoms with van der Waals surface area (Å²) in [6, 6.07) is 18.3. The van der Waals surface area contributed by atoms with Gasteiger partial charge in [0.15, 0.2) is 0 Å². The summed E-state index contributed by atoms with van der Waals surface area (Å²) in [5, 5.41) is 8.89. The van der Waals surface area contributed by atoms with Crippen LogP contribution in [0.2, 0.25) is 0 Å². The molecule has 0 heterocycles. The van der Waals surface area contributed by atoms with Crippen LogP contribution in [-0.4, -0.2) is 12.4 Å². The molecule has 0 aliphatic rings. The molecule has 0 aromatic heterocycles. The van der Waals surface area contributed by atoms with E-state index in [0.717, 1.165) is 22.8 Å². The maximum atomic E-state index is 8.89. The summed E-state index contributed by atoms with van der Waals surface area (Å²) in [5.41, 5.74) is 3.39. The first-order chi connectivity index (χ1) is 11.0. The van der Waals surface area contributed by atoms with Crippen LogP contribution >= 0.6 is 11.8 Å². The monoisotopic (exact) mass is 325 g/mol. The van der Waals surface area contributed by atoms with Gasteiger partial charge in [-0.2, -0.15) is 17.0 Å². The van der Waals surface area contributed by atoms with E-state index in [0.29, 0.717) is 6.61 Å². The molecule has 0 amide bonds. The van der Waals surface area contributed by atoms with Gasteiger partial charge in [-0.05, 0) is 40.8 Å². The van der Waals surface area contributed by atoms with Crippen LogP contribution in [0.1, 0.15) is 37.5 Å². The summed E-state index contributed by atoms with van der Waals surface area (Å²) < 4.78 is 5.78. The Hall–Kier alpha value is -1.92. The first-order valence-electron chi connectivity index (χ1n) is 7.79. The Balaban J connectivity index is 1.72. The third-order valence-electron chi connectivity index (χ3n) is 3.54. The minimum absolute atomic E-state index is 0.173. The molecule has 0 N–H and O–H groups in total. The summed E-state index contributed by atoms with van der Waals surface area (Å²) >= 11 is 1.82.